The number of hydrogen-bond acceptors (Lipinski definition) is 1. The SMILES string of the molecule is CC1(c2ccc(CCF)cc2)CCCN1. The molecule has 1 nitrogen and oxygen atoms in total. The van der Waals surface area contributed by atoms with Crippen molar-refractivity contribution < 1.29 is 4.39 Å². The molecule has 1 N–H and O–H groups in total. The highest BCUT2D eigenvalue weighted by Crippen LogP contribution is 2.30. The standard InChI is InChI=1S/C13H18FN/c1-13(8-2-10-15-13)12-5-3-11(4-6-12)7-9-14/h3-6,15H,2,7-10H2,1H3. The lowest BCUT2D eigenvalue weighted by Gasteiger charge is -2.25. The summed E-state index contributed by atoms with van der Waals surface area (Å²) in [4.78, 5) is 0. The smallest absolute Gasteiger partial charge is 0.0934 e. The molecule has 0 saturated carbocycles. The summed E-state index contributed by atoms with van der Waals surface area (Å²) >= 11 is 0. The molecular formula is C13H18FN. The Bertz CT molecular complexity index is 312. The third-order valence-electron chi connectivity index (χ3n) is 3.34. The highest BCUT2D eigenvalue weighted by Gasteiger charge is 2.29. The molecular weight excluding hydrogens is 189 g/mol. The monoisotopic (exact) mass is 207 g/mol. The highest BCUT2D eigenvalue weighted by atomic mass is 19.1. The zero-order valence-electron chi connectivity index (χ0n) is 9.22. The molecule has 2 heteroatoms. The molecule has 82 valence electrons. The number of halogens is 1. The van der Waals surface area contributed by atoms with Crippen molar-refractivity contribution in [3.8, 4) is 0 Å². The number of rotatable bonds is 3. The van der Waals surface area contributed by atoms with Crippen LogP contribution in [0, 0.1) is 0 Å². The molecule has 0 spiro atoms. The van der Waals surface area contributed by atoms with Gasteiger partial charge in [-0.15, -0.1) is 0 Å². The lowest BCUT2D eigenvalue weighted by Crippen LogP contribution is -2.32. The lowest BCUT2D eigenvalue weighted by atomic mass is 9.90. The van der Waals surface area contributed by atoms with Gasteiger partial charge in [-0.25, -0.2) is 0 Å². The first-order chi connectivity index (χ1) is 7.24. The zero-order valence-corrected chi connectivity index (χ0v) is 9.22. The van der Waals surface area contributed by atoms with Gasteiger partial charge in [-0.3, -0.25) is 4.39 Å². The van der Waals surface area contributed by atoms with Crippen LogP contribution in [0.1, 0.15) is 30.9 Å². The maximum Gasteiger partial charge on any atom is 0.0934 e. The van der Waals surface area contributed by atoms with Gasteiger partial charge in [0.25, 0.3) is 0 Å². The Morgan fingerprint density at radius 2 is 2.07 bits per heavy atom. The minimum Gasteiger partial charge on any atom is -0.308 e. The molecule has 1 aromatic carbocycles. The molecule has 0 aliphatic carbocycles. The summed E-state index contributed by atoms with van der Waals surface area (Å²) in [6.07, 6.45) is 2.96. The van der Waals surface area contributed by atoms with Crippen molar-refractivity contribution in [2.24, 2.45) is 0 Å². The van der Waals surface area contributed by atoms with Crippen LogP contribution >= 0.6 is 0 Å². The van der Waals surface area contributed by atoms with Crippen molar-refractivity contribution in [1.29, 1.82) is 0 Å². The molecule has 1 atom stereocenters. The van der Waals surface area contributed by atoms with Crippen molar-refractivity contribution >= 4 is 0 Å². The van der Waals surface area contributed by atoms with Crippen molar-refractivity contribution in [3.05, 3.63) is 35.4 Å². The Morgan fingerprint density at radius 1 is 1.33 bits per heavy atom. The van der Waals surface area contributed by atoms with Gasteiger partial charge in [-0.1, -0.05) is 24.3 Å². The molecule has 0 aromatic heterocycles. The average Bonchev–Trinajstić information content (AvgIpc) is 2.68. The number of alkyl halides is 1. The van der Waals surface area contributed by atoms with Crippen LogP contribution in [0.5, 0.6) is 0 Å². The number of aryl methyl sites for hydroxylation is 1. The topological polar surface area (TPSA) is 12.0 Å². The minimum atomic E-state index is -0.269. The summed E-state index contributed by atoms with van der Waals surface area (Å²) in [6.45, 7) is 3.07. The van der Waals surface area contributed by atoms with Crippen LogP contribution in [0.25, 0.3) is 0 Å². The summed E-state index contributed by atoms with van der Waals surface area (Å²) in [5.41, 5.74) is 2.54. The summed E-state index contributed by atoms with van der Waals surface area (Å²) in [6, 6.07) is 8.34. The van der Waals surface area contributed by atoms with Gasteiger partial charge in [0.15, 0.2) is 0 Å². The maximum atomic E-state index is 12.1. The van der Waals surface area contributed by atoms with E-state index in [0.717, 1.165) is 12.1 Å². The molecule has 1 unspecified atom stereocenters. The molecule has 2 rings (SSSR count). The molecule has 0 bridgehead atoms. The Labute approximate surface area is 90.7 Å². The fourth-order valence-electron chi connectivity index (χ4n) is 2.29. The van der Waals surface area contributed by atoms with Crippen LogP contribution < -0.4 is 5.32 Å². The first-order valence-corrected chi connectivity index (χ1v) is 5.65. The molecule has 0 radical (unpaired) electrons. The molecule has 1 fully saturated rings. The van der Waals surface area contributed by atoms with Crippen LogP contribution in [0.15, 0.2) is 24.3 Å². The fraction of sp³-hybridized carbons (Fsp3) is 0.538. The molecule has 15 heavy (non-hydrogen) atoms. The highest BCUT2D eigenvalue weighted by molar-refractivity contribution is 5.29. The van der Waals surface area contributed by atoms with Crippen molar-refractivity contribution in [3.63, 3.8) is 0 Å². The van der Waals surface area contributed by atoms with Gasteiger partial charge in [-0.2, -0.15) is 0 Å². The van der Waals surface area contributed by atoms with Crippen molar-refractivity contribution in [2.45, 2.75) is 31.7 Å². The van der Waals surface area contributed by atoms with Crippen molar-refractivity contribution in [1.82, 2.24) is 5.32 Å². The van der Waals surface area contributed by atoms with Crippen LogP contribution in [-0.4, -0.2) is 13.2 Å². The van der Waals surface area contributed by atoms with E-state index in [0.29, 0.717) is 6.42 Å². The van der Waals surface area contributed by atoms with Gasteiger partial charge in [-0.05, 0) is 37.4 Å². The summed E-state index contributed by atoms with van der Waals surface area (Å²) in [5.74, 6) is 0. The molecule has 1 aromatic rings. The molecule has 0 amide bonds. The van der Waals surface area contributed by atoms with E-state index >= 15 is 0 Å². The Hall–Kier alpha value is -0.890. The normalized spacial score (nSPS) is 25.7. The third-order valence-corrected chi connectivity index (χ3v) is 3.34. The Morgan fingerprint density at radius 3 is 2.60 bits per heavy atom. The lowest BCUT2D eigenvalue weighted by molar-refractivity contribution is 0.434. The average molecular weight is 207 g/mol. The first kappa shape index (κ1) is 10.6. The quantitative estimate of drug-likeness (QED) is 0.803. The molecule has 1 heterocycles. The molecule has 1 aliphatic heterocycles. The molecule has 1 saturated heterocycles. The number of hydrogen-bond donors (Lipinski definition) is 1. The fourth-order valence-corrected chi connectivity index (χ4v) is 2.29. The van der Waals surface area contributed by atoms with E-state index in [9.17, 15) is 4.39 Å². The second-order valence-electron chi connectivity index (χ2n) is 4.50. The predicted molar refractivity (Wildman–Crippen MR) is 60.7 cm³/mol. The Kier molecular flexibility index (Phi) is 3.06. The zero-order chi connectivity index (χ0) is 10.7. The van der Waals surface area contributed by atoms with Gasteiger partial charge in [0, 0.05) is 12.0 Å². The second-order valence-corrected chi connectivity index (χ2v) is 4.50. The van der Waals surface area contributed by atoms with E-state index in [1.54, 1.807) is 0 Å². The summed E-state index contributed by atoms with van der Waals surface area (Å²) < 4.78 is 12.1. The largest absolute Gasteiger partial charge is 0.308 e. The summed E-state index contributed by atoms with van der Waals surface area (Å²) in [5, 5.41) is 3.53. The van der Waals surface area contributed by atoms with Gasteiger partial charge in [0.05, 0.1) is 6.67 Å². The van der Waals surface area contributed by atoms with Gasteiger partial charge >= 0.3 is 0 Å². The van der Waals surface area contributed by atoms with Crippen LogP contribution in [0.3, 0.4) is 0 Å². The van der Waals surface area contributed by atoms with Gasteiger partial charge < -0.3 is 5.32 Å². The van der Waals surface area contributed by atoms with Gasteiger partial charge in [0.2, 0.25) is 0 Å². The summed E-state index contributed by atoms with van der Waals surface area (Å²) in [7, 11) is 0. The first-order valence-electron chi connectivity index (χ1n) is 5.65. The van der Waals surface area contributed by atoms with Gasteiger partial charge in [0.1, 0.15) is 0 Å². The van der Waals surface area contributed by atoms with E-state index in [-0.39, 0.29) is 12.2 Å². The van der Waals surface area contributed by atoms with E-state index in [4.69, 9.17) is 0 Å². The second kappa shape index (κ2) is 4.31. The number of nitrogens with one attached hydrogen (secondary N) is 1. The predicted octanol–water partition coefficient (Wildman–Crippen LogP) is 2.80. The van der Waals surface area contributed by atoms with E-state index in [1.165, 1.54) is 18.4 Å². The Balaban J connectivity index is 2.15. The van der Waals surface area contributed by atoms with E-state index in [1.807, 2.05) is 12.1 Å². The van der Waals surface area contributed by atoms with Crippen molar-refractivity contribution in [2.75, 3.05) is 13.2 Å². The van der Waals surface area contributed by atoms with Crippen LogP contribution in [0.2, 0.25) is 0 Å². The van der Waals surface area contributed by atoms with Crippen LogP contribution in [0.4, 0.5) is 4.39 Å². The number of benzene rings is 1. The van der Waals surface area contributed by atoms with Crippen LogP contribution in [-0.2, 0) is 12.0 Å². The maximum absolute atomic E-state index is 12.1. The van der Waals surface area contributed by atoms with E-state index < -0.39 is 0 Å². The third kappa shape index (κ3) is 2.20. The van der Waals surface area contributed by atoms with E-state index in [2.05, 4.69) is 24.4 Å². The minimum absolute atomic E-state index is 0.133. The molecule has 1 aliphatic rings.